The van der Waals surface area contributed by atoms with E-state index in [1.807, 2.05) is 6.92 Å². The Balaban J connectivity index is 2.48. The van der Waals surface area contributed by atoms with Crippen LogP contribution < -0.4 is 9.62 Å². The van der Waals surface area contributed by atoms with E-state index in [0.29, 0.717) is 34.1 Å². The van der Waals surface area contributed by atoms with Crippen LogP contribution in [-0.2, 0) is 26.2 Å². The number of anilines is 1. The van der Waals surface area contributed by atoms with Crippen LogP contribution in [0.5, 0.6) is 0 Å². The zero-order valence-corrected chi connectivity index (χ0v) is 23.1. The summed E-state index contributed by atoms with van der Waals surface area (Å²) in [4.78, 5) is 39.8. The van der Waals surface area contributed by atoms with Crippen molar-refractivity contribution in [3.8, 4) is 0 Å². The number of hydrogen-bond donors (Lipinski definition) is 1. The zero-order valence-electron chi connectivity index (χ0n) is 20.8. The van der Waals surface area contributed by atoms with Gasteiger partial charge in [0.05, 0.1) is 22.0 Å². The van der Waals surface area contributed by atoms with Crippen molar-refractivity contribution >= 4 is 56.5 Å². The lowest BCUT2D eigenvalue weighted by Gasteiger charge is -2.33. The Morgan fingerprint density at radius 3 is 2.28 bits per heavy atom. The highest BCUT2D eigenvalue weighted by Crippen LogP contribution is 2.25. The van der Waals surface area contributed by atoms with E-state index in [1.54, 1.807) is 37.3 Å². The third-order valence-corrected chi connectivity index (χ3v) is 7.37. The Kier molecular flexibility index (Phi) is 10.8. The third kappa shape index (κ3) is 7.94. The summed E-state index contributed by atoms with van der Waals surface area (Å²) in [5.74, 6) is -1.16. The summed E-state index contributed by atoms with van der Waals surface area (Å²) in [5, 5.41) is 3.45. The van der Waals surface area contributed by atoms with Gasteiger partial charge in [0.1, 0.15) is 12.6 Å². The molecule has 2 amide bonds. The number of carbonyl (C=O) groups excluding carboxylic acids is 3. The van der Waals surface area contributed by atoms with Gasteiger partial charge in [-0.1, -0.05) is 55.2 Å². The minimum atomic E-state index is -3.91. The van der Waals surface area contributed by atoms with Gasteiger partial charge in [-0.15, -0.1) is 0 Å². The molecule has 0 saturated heterocycles. The summed E-state index contributed by atoms with van der Waals surface area (Å²) in [5.41, 5.74) is 1.12. The smallest absolute Gasteiger partial charge is 0.244 e. The van der Waals surface area contributed by atoms with E-state index in [0.717, 1.165) is 17.0 Å². The van der Waals surface area contributed by atoms with Gasteiger partial charge in [0.15, 0.2) is 5.78 Å². The fourth-order valence-electron chi connectivity index (χ4n) is 3.61. The molecule has 0 saturated carbocycles. The van der Waals surface area contributed by atoms with Gasteiger partial charge in [-0.2, -0.15) is 0 Å². The van der Waals surface area contributed by atoms with E-state index in [4.69, 9.17) is 23.2 Å². The topological polar surface area (TPSA) is 104 Å². The van der Waals surface area contributed by atoms with Crippen LogP contribution in [0.2, 0.25) is 10.0 Å². The molecule has 0 aliphatic rings. The minimum absolute atomic E-state index is 0.0128. The molecule has 1 atom stereocenters. The van der Waals surface area contributed by atoms with Crippen LogP contribution in [0.15, 0.2) is 42.5 Å². The van der Waals surface area contributed by atoms with Crippen molar-refractivity contribution in [2.24, 2.45) is 0 Å². The fraction of sp³-hybridized carbons (Fsp3) is 0.400. The Bertz CT molecular complexity index is 1220. The Morgan fingerprint density at radius 2 is 1.72 bits per heavy atom. The SMILES string of the molecule is CCCNC(=O)[C@H](CC)N(Cc1ccc(Cl)c(Cl)c1)C(=O)CN(c1cccc(C(C)=O)c1)S(C)(=O)=O. The average molecular weight is 557 g/mol. The number of carbonyl (C=O) groups is 3. The van der Waals surface area contributed by atoms with Crippen LogP contribution >= 0.6 is 23.2 Å². The van der Waals surface area contributed by atoms with Gasteiger partial charge < -0.3 is 10.2 Å². The normalized spacial score (nSPS) is 12.1. The molecule has 8 nitrogen and oxygen atoms in total. The van der Waals surface area contributed by atoms with Gasteiger partial charge in [-0.05, 0) is 49.6 Å². The molecule has 1 N–H and O–H groups in total. The number of sulfonamides is 1. The van der Waals surface area contributed by atoms with E-state index in [9.17, 15) is 22.8 Å². The van der Waals surface area contributed by atoms with E-state index in [2.05, 4.69) is 5.32 Å². The van der Waals surface area contributed by atoms with Gasteiger partial charge in [-0.25, -0.2) is 8.42 Å². The van der Waals surface area contributed by atoms with Crippen molar-refractivity contribution in [1.29, 1.82) is 0 Å². The summed E-state index contributed by atoms with van der Waals surface area (Å²) >= 11 is 12.2. The number of halogens is 2. The molecule has 0 fully saturated rings. The van der Waals surface area contributed by atoms with Crippen molar-refractivity contribution in [2.45, 2.75) is 46.2 Å². The summed E-state index contributed by atoms with van der Waals surface area (Å²) < 4.78 is 26.3. The standard InChI is InChI=1S/C25H31Cl2N3O5S/c1-5-12-28-25(33)23(6-2)29(15-18-10-11-21(26)22(27)13-18)24(32)16-30(36(4,34)35)20-9-7-8-19(14-20)17(3)31/h7-11,13-14,23H,5-6,12,15-16H2,1-4H3,(H,28,33)/t23-/m0/s1. The Labute approximate surface area is 222 Å². The minimum Gasteiger partial charge on any atom is -0.354 e. The quantitative estimate of drug-likeness (QED) is 0.393. The molecular formula is C25H31Cl2N3O5S. The van der Waals surface area contributed by atoms with Crippen molar-refractivity contribution in [3.63, 3.8) is 0 Å². The first kappa shape index (κ1) is 29.6. The maximum Gasteiger partial charge on any atom is 0.244 e. The molecule has 2 rings (SSSR count). The highest BCUT2D eigenvalue weighted by molar-refractivity contribution is 7.92. The second-order valence-electron chi connectivity index (χ2n) is 8.36. The van der Waals surface area contributed by atoms with Crippen LogP contribution in [-0.4, -0.2) is 56.3 Å². The number of Topliss-reactive ketones (excluding diaryl/α,β-unsaturated/α-hetero) is 1. The zero-order chi connectivity index (χ0) is 27.0. The molecule has 2 aromatic carbocycles. The number of nitrogens with one attached hydrogen (secondary N) is 1. The second kappa shape index (κ2) is 13.1. The molecule has 0 radical (unpaired) electrons. The van der Waals surface area contributed by atoms with Crippen molar-refractivity contribution in [3.05, 3.63) is 63.6 Å². The highest BCUT2D eigenvalue weighted by atomic mass is 35.5. The van der Waals surface area contributed by atoms with Crippen molar-refractivity contribution in [2.75, 3.05) is 23.7 Å². The Hall–Kier alpha value is -2.62. The molecule has 2 aromatic rings. The number of hydrogen-bond acceptors (Lipinski definition) is 5. The predicted molar refractivity (Wildman–Crippen MR) is 143 cm³/mol. The first-order chi connectivity index (χ1) is 16.9. The maximum atomic E-state index is 13.6. The highest BCUT2D eigenvalue weighted by Gasteiger charge is 2.31. The number of amides is 2. The molecule has 0 aliphatic heterocycles. The van der Waals surface area contributed by atoms with Gasteiger partial charge in [-0.3, -0.25) is 18.7 Å². The molecule has 0 bridgehead atoms. The lowest BCUT2D eigenvalue weighted by Crippen LogP contribution is -2.52. The molecule has 196 valence electrons. The molecule has 0 aliphatic carbocycles. The third-order valence-electron chi connectivity index (χ3n) is 5.49. The maximum absolute atomic E-state index is 13.6. The number of benzene rings is 2. The fourth-order valence-corrected chi connectivity index (χ4v) is 4.78. The number of nitrogens with zero attached hydrogens (tertiary/aromatic N) is 2. The molecule has 0 spiro atoms. The average Bonchev–Trinajstić information content (AvgIpc) is 2.82. The summed E-state index contributed by atoms with van der Waals surface area (Å²) in [6.07, 6.45) is 2.01. The molecule has 11 heteroatoms. The van der Waals surface area contributed by atoms with Gasteiger partial charge in [0, 0.05) is 18.7 Å². The largest absolute Gasteiger partial charge is 0.354 e. The lowest BCUT2D eigenvalue weighted by molar-refractivity contribution is -0.140. The summed E-state index contributed by atoms with van der Waals surface area (Å²) in [7, 11) is -3.91. The molecular weight excluding hydrogens is 525 g/mol. The Morgan fingerprint density at radius 1 is 1.03 bits per heavy atom. The number of rotatable bonds is 12. The van der Waals surface area contributed by atoms with E-state index < -0.39 is 28.5 Å². The van der Waals surface area contributed by atoms with Crippen LogP contribution in [0.25, 0.3) is 0 Å². The first-order valence-corrected chi connectivity index (χ1v) is 14.1. The number of ketones is 1. The van der Waals surface area contributed by atoms with Gasteiger partial charge in [0.2, 0.25) is 21.8 Å². The van der Waals surface area contributed by atoms with E-state index in [-0.39, 0.29) is 23.9 Å². The van der Waals surface area contributed by atoms with Gasteiger partial charge >= 0.3 is 0 Å². The monoisotopic (exact) mass is 555 g/mol. The first-order valence-electron chi connectivity index (χ1n) is 11.5. The summed E-state index contributed by atoms with van der Waals surface area (Å²) in [6.45, 7) is 4.96. The van der Waals surface area contributed by atoms with E-state index >= 15 is 0 Å². The van der Waals surface area contributed by atoms with E-state index in [1.165, 1.54) is 24.0 Å². The summed E-state index contributed by atoms with van der Waals surface area (Å²) in [6, 6.07) is 10.1. The lowest BCUT2D eigenvalue weighted by atomic mass is 10.1. The molecule has 0 unspecified atom stereocenters. The van der Waals surface area contributed by atoms with Gasteiger partial charge in [0.25, 0.3) is 0 Å². The second-order valence-corrected chi connectivity index (χ2v) is 11.1. The van der Waals surface area contributed by atoms with Crippen LogP contribution in [0.1, 0.15) is 49.5 Å². The predicted octanol–water partition coefficient (Wildman–Crippen LogP) is 4.30. The van der Waals surface area contributed by atoms with Crippen LogP contribution in [0.3, 0.4) is 0 Å². The van der Waals surface area contributed by atoms with Crippen LogP contribution in [0, 0.1) is 0 Å². The molecule has 36 heavy (non-hydrogen) atoms. The molecule has 0 heterocycles. The molecule has 0 aromatic heterocycles. The van der Waals surface area contributed by atoms with Crippen molar-refractivity contribution in [1.82, 2.24) is 10.2 Å². The van der Waals surface area contributed by atoms with Crippen molar-refractivity contribution < 1.29 is 22.8 Å². The van der Waals surface area contributed by atoms with Crippen LogP contribution in [0.4, 0.5) is 5.69 Å².